The van der Waals surface area contributed by atoms with E-state index in [-0.39, 0.29) is 0 Å². The third-order valence-corrected chi connectivity index (χ3v) is 6.41. The Morgan fingerprint density at radius 2 is 1.80 bits per heavy atom. The van der Waals surface area contributed by atoms with Crippen LogP contribution in [0.1, 0.15) is 44.6 Å². The minimum absolute atomic E-state index is 0.530. The number of pyridine rings is 1. The van der Waals surface area contributed by atoms with Gasteiger partial charge in [0.1, 0.15) is 5.65 Å². The lowest BCUT2D eigenvalue weighted by atomic mass is 9.77. The van der Waals surface area contributed by atoms with Gasteiger partial charge in [-0.3, -0.25) is 4.40 Å². The Labute approximate surface area is 148 Å². The molecule has 0 aliphatic heterocycles. The predicted molar refractivity (Wildman–Crippen MR) is 105 cm³/mol. The van der Waals surface area contributed by atoms with Crippen molar-refractivity contribution < 1.29 is 0 Å². The molecule has 2 heteroatoms. The van der Waals surface area contributed by atoms with Crippen LogP contribution in [0, 0.1) is 5.41 Å². The number of rotatable bonds is 3. The van der Waals surface area contributed by atoms with Crippen LogP contribution >= 0.6 is 0 Å². The molecule has 1 fully saturated rings. The van der Waals surface area contributed by atoms with Gasteiger partial charge in [-0.25, -0.2) is 4.98 Å². The highest BCUT2D eigenvalue weighted by molar-refractivity contribution is 6.11. The van der Waals surface area contributed by atoms with Gasteiger partial charge in [0.2, 0.25) is 0 Å². The molecule has 4 aromatic rings. The van der Waals surface area contributed by atoms with Crippen molar-refractivity contribution in [3.8, 4) is 0 Å². The molecule has 2 nitrogen and oxygen atoms in total. The minimum atomic E-state index is 0.530. The van der Waals surface area contributed by atoms with E-state index >= 15 is 0 Å². The Kier molecular flexibility index (Phi) is 3.34. The van der Waals surface area contributed by atoms with Crippen LogP contribution in [-0.4, -0.2) is 9.38 Å². The SMILES string of the molecule is CCC1(Cc2ccc3c(c2)c2ccccc2c2nccn32)CCCC1. The number of hydrogen-bond acceptors (Lipinski definition) is 1. The molecule has 0 amide bonds. The molecule has 25 heavy (non-hydrogen) atoms. The quantitative estimate of drug-likeness (QED) is 0.412. The molecule has 2 aromatic carbocycles. The lowest BCUT2D eigenvalue weighted by Crippen LogP contribution is -2.18. The molecule has 0 radical (unpaired) electrons. The number of hydrogen-bond donors (Lipinski definition) is 0. The molecule has 0 unspecified atom stereocenters. The van der Waals surface area contributed by atoms with Crippen LogP contribution < -0.4 is 0 Å². The summed E-state index contributed by atoms with van der Waals surface area (Å²) in [4.78, 5) is 4.59. The molecular weight excluding hydrogens is 304 g/mol. The maximum absolute atomic E-state index is 4.59. The Morgan fingerprint density at radius 3 is 2.60 bits per heavy atom. The first kappa shape index (κ1) is 14.9. The van der Waals surface area contributed by atoms with Crippen LogP contribution in [0.25, 0.3) is 27.3 Å². The Bertz CT molecular complexity index is 1070. The van der Waals surface area contributed by atoms with E-state index in [9.17, 15) is 0 Å². The van der Waals surface area contributed by atoms with E-state index in [0.717, 1.165) is 5.65 Å². The normalized spacial score (nSPS) is 17.0. The van der Waals surface area contributed by atoms with E-state index < -0.39 is 0 Å². The minimum Gasteiger partial charge on any atom is -0.299 e. The summed E-state index contributed by atoms with van der Waals surface area (Å²) in [7, 11) is 0. The summed E-state index contributed by atoms with van der Waals surface area (Å²) in [6.07, 6.45) is 12.1. The van der Waals surface area contributed by atoms with Gasteiger partial charge < -0.3 is 0 Å². The van der Waals surface area contributed by atoms with E-state index in [1.54, 1.807) is 0 Å². The van der Waals surface area contributed by atoms with Gasteiger partial charge in [-0.1, -0.05) is 56.5 Å². The van der Waals surface area contributed by atoms with Gasteiger partial charge in [0.05, 0.1) is 5.52 Å². The average Bonchev–Trinajstić information content (AvgIpc) is 3.32. The summed E-state index contributed by atoms with van der Waals surface area (Å²) in [5.74, 6) is 0. The number of aromatic nitrogens is 2. The fourth-order valence-electron chi connectivity index (χ4n) is 4.94. The highest BCUT2D eigenvalue weighted by Gasteiger charge is 2.32. The van der Waals surface area contributed by atoms with E-state index in [0.29, 0.717) is 5.41 Å². The summed E-state index contributed by atoms with van der Waals surface area (Å²) in [6, 6.07) is 15.7. The molecular formula is C23H24N2. The second-order valence-corrected chi connectivity index (χ2v) is 7.76. The van der Waals surface area contributed by atoms with Gasteiger partial charge >= 0.3 is 0 Å². The van der Waals surface area contributed by atoms with Gasteiger partial charge in [0.25, 0.3) is 0 Å². The van der Waals surface area contributed by atoms with Crippen molar-refractivity contribution in [3.05, 3.63) is 60.4 Å². The molecule has 1 aliphatic carbocycles. The first-order valence-electron chi connectivity index (χ1n) is 9.56. The lowest BCUT2D eigenvalue weighted by molar-refractivity contribution is 0.282. The molecule has 2 heterocycles. The standard InChI is InChI=1S/C23H24N2/c1-2-23(11-5-6-12-23)16-17-9-10-21-20(15-17)18-7-3-4-8-19(18)22-24-13-14-25(21)22/h3-4,7-10,13-15H,2,5-6,11-12,16H2,1H3. The van der Waals surface area contributed by atoms with Crippen LogP contribution in [-0.2, 0) is 6.42 Å². The molecule has 0 spiro atoms. The Morgan fingerprint density at radius 1 is 1.00 bits per heavy atom. The average molecular weight is 328 g/mol. The van der Waals surface area contributed by atoms with Crippen molar-refractivity contribution >= 4 is 27.3 Å². The van der Waals surface area contributed by atoms with Crippen molar-refractivity contribution in [2.24, 2.45) is 5.41 Å². The molecule has 1 aliphatic rings. The highest BCUT2D eigenvalue weighted by atomic mass is 15.0. The summed E-state index contributed by atoms with van der Waals surface area (Å²) < 4.78 is 2.23. The first-order chi connectivity index (χ1) is 12.3. The van der Waals surface area contributed by atoms with E-state index in [4.69, 9.17) is 0 Å². The fourth-order valence-corrected chi connectivity index (χ4v) is 4.94. The summed E-state index contributed by atoms with van der Waals surface area (Å²) in [6.45, 7) is 2.37. The van der Waals surface area contributed by atoms with Crippen molar-refractivity contribution in [2.45, 2.75) is 45.4 Å². The molecule has 2 aromatic heterocycles. The second kappa shape index (κ2) is 5.59. The predicted octanol–water partition coefficient (Wildman–Crippen LogP) is 6.15. The van der Waals surface area contributed by atoms with E-state index in [1.807, 2.05) is 6.20 Å². The summed E-state index contributed by atoms with van der Waals surface area (Å²) >= 11 is 0. The summed E-state index contributed by atoms with van der Waals surface area (Å²) in [5.41, 5.74) is 4.33. The molecule has 0 atom stereocenters. The van der Waals surface area contributed by atoms with Crippen LogP contribution in [0.4, 0.5) is 0 Å². The van der Waals surface area contributed by atoms with Crippen molar-refractivity contribution in [2.75, 3.05) is 0 Å². The van der Waals surface area contributed by atoms with Crippen LogP contribution in [0.3, 0.4) is 0 Å². The van der Waals surface area contributed by atoms with Crippen LogP contribution in [0.2, 0.25) is 0 Å². The molecule has 0 bridgehead atoms. The number of nitrogens with zero attached hydrogens (tertiary/aromatic N) is 2. The van der Waals surface area contributed by atoms with Gasteiger partial charge in [-0.05, 0) is 47.8 Å². The molecule has 126 valence electrons. The van der Waals surface area contributed by atoms with Crippen molar-refractivity contribution in [3.63, 3.8) is 0 Å². The van der Waals surface area contributed by atoms with Gasteiger partial charge in [-0.15, -0.1) is 0 Å². The monoisotopic (exact) mass is 328 g/mol. The second-order valence-electron chi connectivity index (χ2n) is 7.76. The van der Waals surface area contributed by atoms with Crippen LogP contribution in [0.15, 0.2) is 54.9 Å². The van der Waals surface area contributed by atoms with Gasteiger partial charge in [0, 0.05) is 23.2 Å². The largest absolute Gasteiger partial charge is 0.299 e. The topological polar surface area (TPSA) is 17.3 Å². The zero-order valence-corrected chi connectivity index (χ0v) is 14.8. The molecule has 1 saturated carbocycles. The maximum Gasteiger partial charge on any atom is 0.145 e. The van der Waals surface area contributed by atoms with Crippen molar-refractivity contribution in [1.82, 2.24) is 9.38 Å². The molecule has 0 N–H and O–H groups in total. The molecule has 5 rings (SSSR count). The number of fused-ring (bicyclic) bond motifs is 6. The number of benzene rings is 2. The zero-order valence-electron chi connectivity index (χ0n) is 14.8. The Balaban J connectivity index is 1.74. The first-order valence-corrected chi connectivity index (χ1v) is 9.56. The highest BCUT2D eigenvalue weighted by Crippen LogP contribution is 2.44. The lowest BCUT2D eigenvalue weighted by Gasteiger charge is -2.27. The van der Waals surface area contributed by atoms with Gasteiger partial charge in [-0.2, -0.15) is 0 Å². The van der Waals surface area contributed by atoms with Crippen LogP contribution in [0.5, 0.6) is 0 Å². The number of imidazole rings is 1. The zero-order chi connectivity index (χ0) is 16.9. The third kappa shape index (κ3) is 2.27. The summed E-state index contributed by atoms with van der Waals surface area (Å²) in [5, 5.41) is 3.90. The van der Waals surface area contributed by atoms with Crippen molar-refractivity contribution in [1.29, 1.82) is 0 Å². The van der Waals surface area contributed by atoms with Gasteiger partial charge in [0.15, 0.2) is 0 Å². The molecule has 0 saturated heterocycles. The van der Waals surface area contributed by atoms with E-state index in [2.05, 4.69) is 65.0 Å². The smallest absolute Gasteiger partial charge is 0.145 e. The fraction of sp³-hybridized carbons (Fsp3) is 0.348. The van der Waals surface area contributed by atoms with E-state index in [1.165, 1.54) is 65.8 Å². The third-order valence-electron chi connectivity index (χ3n) is 6.41. The Hall–Kier alpha value is -2.35. The maximum atomic E-state index is 4.59.